The van der Waals surface area contributed by atoms with Crippen molar-refractivity contribution in [2.24, 2.45) is 0 Å². The summed E-state index contributed by atoms with van der Waals surface area (Å²) in [4.78, 5) is 27.3. The number of nitrogens with zero attached hydrogens (tertiary/aromatic N) is 2. The summed E-state index contributed by atoms with van der Waals surface area (Å²) in [6.45, 7) is 6.58. The highest BCUT2D eigenvalue weighted by molar-refractivity contribution is 7.89. The van der Waals surface area contributed by atoms with E-state index in [1.165, 1.54) is 28.6 Å². The molecule has 0 unspecified atom stereocenters. The molecule has 2 aliphatic heterocycles. The molecule has 2 fully saturated rings. The van der Waals surface area contributed by atoms with E-state index >= 15 is 0 Å². The van der Waals surface area contributed by atoms with Crippen molar-refractivity contribution in [3.63, 3.8) is 0 Å². The van der Waals surface area contributed by atoms with Crippen LogP contribution in [0.25, 0.3) is 0 Å². The van der Waals surface area contributed by atoms with Crippen LogP contribution in [0.5, 0.6) is 0 Å². The van der Waals surface area contributed by atoms with Gasteiger partial charge >= 0.3 is 5.97 Å². The minimum Gasteiger partial charge on any atom is -0.449 e. The van der Waals surface area contributed by atoms with Crippen LogP contribution >= 0.6 is 0 Å². The van der Waals surface area contributed by atoms with Gasteiger partial charge in [-0.1, -0.05) is 6.07 Å². The van der Waals surface area contributed by atoms with Gasteiger partial charge in [0.05, 0.1) is 10.5 Å². The summed E-state index contributed by atoms with van der Waals surface area (Å²) in [5.74, 6) is -0.902. The zero-order valence-corrected chi connectivity index (χ0v) is 18.2. The van der Waals surface area contributed by atoms with Gasteiger partial charge in [-0.3, -0.25) is 4.79 Å². The second-order valence-corrected chi connectivity index (χ2v) is 10.00. The molecule has 8 heteroatoms. The molecular weight excluding hydrogens is 392 g/mol. The van der Waals surface area contributed by atoms with Gasteiger partial charge in [0.1, 0.15) is 0 Å². The number of carbonyl (C=O) groups excluding carboxylic acids is 2. The zero-order chi connectivity index (χ0) is 21.2. The first kappa shape index (κ1) is 21.8. The topological polar surface area (TPSA) is 84.0 Å². The highest BCUT2D eigenvalue weighted by Gasteiger charge is 2.33. The van der Waals surface area contributed by atoms with Gasteiger partial charge in [0.2, 0.25) is 10.0 Å². The average Bonchev–Trinajstić information content (AvgIpc) is 3.23. The van der Waals surface area contributed by atoms with Crippen LogP contribution in [0.15, 0.2) is 29.2 Å². The smallest absolute Gasteiger partial charge is 0.338 e. The standard InChI is InChI=1S/C21H30N2O5S/c1-15-8-6-9-16(2)23(15)20(24)17(3)28-21(25)18-10-7-11-19(14-18)29(26,27)22-12-4-5-13-22/h7,10-11,14-17H,4-6,8-9,12-13H2,1-3H3/t15-,16-,17+/m0/s1. The number of likely N-dealkylation sites (tertiary alicyclic amines) is 1. The minimum atomic E-state index is -3.62. The number of amides is 1. The molecular formula is C21H30N2O5S. The van der Waals surface area contributed by atoms with Crippen molar-refractivity contribution in [2.45, 2.75) is 76.0 Å². The molecule has 0 bridgehead atoms. The Hall–Kier alpha value is -1.93. The molecule has 7 nitrogen and oxygen atoms in total. The molecule has 0 aliphatic carbocycles. The maximum atomic E-state index is 12.8. The number of carbonyl (C=O) groups is 2. The molecule has 0 spiro atoms. The van der Waals surface area contributed by atoms with E-state index in [9.17, 15) is 18.0 Å². The molecule has 2 aliphatic rings. The largest absolute Gasteiger partial charge is 0.449 e. The van der Waals surface area contributed by atoms with Gasteiger partial charge in [0.25, 0.3) is 5.91 Å². The lowest BCUT2D eigenvalue weighted by Gasteiger charge is -2.40. The summed E-state index contributed by atoms with van der Waals surface area (Å²) in [5, 5.41) is 0. The van der Waals surface area contributed by atoms with Crippen LogP contribution in [0.2, 0.25) is 0 Å². The molecule has 0 saturated carbocycles. The van der Waals surface area contributed by atoms with Crippen LogP contribution in [0.1, 0.15) is 63.2 Å². The van der Waals surface area contributed by atoms with E-state index in [1.807, 2.05) is 13.8 Å². The lowest BCUT2D eigenvalue weighted by Crippen LogP contribution is -2.51. The molecule has 160 valence electrons. The Kier molecular flexibility index (Phi) is 6.63. The van der Waals surface area contributed by atoms with Gasteiger partial charge in [-0.15, -0.1) is 0 Å². The third kappa shape index (κ3) is 4.64. The summed E-state index contributed by atoms with van der Waals surface area (Å²) < 4.78 is 32.3. The maximum Gasteiger partial charge on any atom is 0.338 e. The Balaban J connectivity index is 1.71. The van der Waals surface area contributed by atoms with E-state index in [-0.39, 0.29) is 28.4 Å². The Bertz CT molecular complexity index is 854. The van der Waals surface area contributed by atoms with Crippen molar-refractivity contribution in [3.05, 3.63) is 29.8 Å². The number of hydrogen-bond acceptors (Lipinski definition) is 5. The van der Waals surface area contributed by atoms with Crippen LogP contribution in [-0.2, 0) is 19.6 Å². The van der Waals surface area contributed by atoms with E-state index in [0.29, 0.717) is 13.1 Å². The van der Waals surface area contributed by atoms with Gasteiger partial charge in [0, 0.05) is 25.2 Å². The van der Waals surface area contributed by atoms with E-state index in [1.54, 1.807) is 11.8 Å². The Labute approximate surface area is 173 Å². The lowest BCUT2D eigenvalue weighted by atomic mass is 9.97. The third-order valence-electron chi connectivity index (χ3n) is 5.85. The second-order valence-electron chi connectivity index (χ2n) is 8.06. The Morgan fingerprint density at radius 2 is 1.69 bits per heavy atom. The molecule has 1 amide bonds. The molecule has 29 heavy (non-hydrogen) atoms. The van der Waals surface area contributed by atoms with Gasteiger partial charge in [-0.05, 0) is 71.1 Å². The number of piperidine rings is 1. The fourth-order valence-corrected chi connectivity index (χ4v) is 5.77. The molecule has 3 atom stereocenters. The Morgan fingerprint density at radius 3 is 2.31 bits per heavy atom. The molecule has 3 rings (SSSR count). The van der Waals surface area contributed by atoms with E-state index in [2.05, 4.69) is 0 Å². The van der Waals surface area contributed by atoms with Gasteiger partial charge < -0.3 is 9.64 Å². The van der Waals surface area contributed by atoms with E-state index in [0.717, 1.165) is 32.1 Å². The number of esters is 1. The first-order valence-electron chi connectivity index (χ1n) is 10.3. The maximum absolute atomic E-state index is 12.8. The summed E-state index contributed by atoms with van der Waals surface area (Å²) in [7, 11) is -3.62. The normalized spacial score (nSPS) is 24.3. The molecule has 0 radical (unpaired) electrons. The number of rotatable bonds is 5. The fraction of sp³-hybridized carbons (Fsp3) is 0.619. The van der Waals surface area contributed by atoms with Crippen molar-refractivity contribution in [3.8, 4) is 0 Å². The first-order chi connectivity index (χ1) is 13.7. The molecule has 2 saturated heterocycles. The Morgan fingerprint density at radius 1 is 1.07 bits per heavy atom. The number of benzene rings is 1. The molecule has 0 aromatic heterocycles. The molecule has 1 aromatic rings. The van der Waals surface area contributed by atoms with Crippen LogP contribution in [0, 0.1) is 0 Å². The lowest BCUT2D eigenvalue weighted by molar-refractivity contribution is -0.146. The van der Waals surface area contributed by atoms with Crippen molar-refractivity contribution < 1.29 is 22.7 Å². The third-order valence-corrected chi connectivity index (χ3v) is 7.75. The van der Waals surface area contributed by atoms with E-state index < -0.39 is 22.1 Å². The average molecular weight is 423 g/mol. The van der Waals surface area contributed by atoms with Gasteiger partial charge in [0.15, 0.2) is 6.10 Å². The van der Waals surface area contributed by atoms with Gasteiger partial charge in [-0.2, -0.15) is 4.31 Å². The highest BCUT2D eigenvalue weighted by atomic mass is 32.2. The van der Waals surface area contributed by atoms with Crippen molar-refractivity contribution in [2.75, 3.05) is 13.1 Å². The molecule has 2 heterocycles. The second kappa shape index (κ2) is 8.83. The highest BCUT2D eigenvalue weighted by Crippen LogP contribution is 2.25. The molecule has 0 N–H and O–H groups in total. The SMILES string of the molecule is C[C@@H](OC(=O)c1cccc(S(=O)(=O)N2CCCC2)c1)C(=O)N1[C@@H](C)CCC[C@@H]1C. The summed E-state index contributed by atoms with van der Waals surface area (Å²) in [6.07, 6.45) is 3.71. The van der Waals surface area contributed by atoms with Crippen LogP contribution < -0.4 is 0 Å². The summed E-state index contributed by atoms with van der Waals surface area (Å²) in [6, 6.07) is 6.08. The van der Waals surface area contributed by atoms with Crippen molar-refractivity contribution in [1.29, 1.82) is 0 Å². The monoisotopic (exact) mass is 422 g/mol. The zero-order valence-electron chi connectivity index (χ0n) is 17.3. The van der Waals surface area contributed by atoms with Crippen molar-refractivity contribution in [1.82, 2.24) is 9.21 Å². The fourth-order valence-electron chi connectivity index (χ4n) is 4.21. The number of hydrogen-bond donors (Lipinski definition) is 0. The number of ether oxygens (including phenoxy) is 1. The van der Waals surface area contributed by atoms with Crippen molar-refractivity contribution >= 4 is 21.9 Å². The van der Waals surface area contributed by atoms with Crippen LogP contribution in [-0.4, -0.2) is 60.8 Å². The minimum absolute atomic E-state index is 0.0751. The van der Waals surface area contributed by atoms with Crippen LogP contribution in [0.3, 0.4) is 0 Å². The van der Waals surface area contributed by atoms with Gasteiger partial charge in [-0.25, -0.2) is 13.2 Å². The number of sulfonamides is 1. The van der Waals surface area contributed by atoms with E-state index in [4.69, 9.17) is 4.74 Å². The summed E-state index contributed by atoms with van der Waals surface area (Å²) >= 11 is 0. The quantitative estimate of drug-likeness (QED) is 0.682. The predicted molar refractivity (Wildman–Crippen MR) is 109 cm³/mol. The predicted octanol–water partition coefficient (Wildman–Crippen LogP) is 2.81. The molecule has 1 aromatic carbocycles. The van der Waals surface area contributed by atoms with Crippen LogP contribution in [0.4, 0.5) is 0 Å². The summed E-state index contributed by atoms with van der Waals surface area (Å²) in [5.41, 5.74) is 0.129. The first-order valence-corrected chi connectivity index (χ1v) is 11.8.